The van der Waals surface area contributed by atoms with Crippen molar-refractivity contribution in [3.63, 3.8) is 0 Å². The molecule has 28 heavy (non-hydrogen) atoms. The minimum absolute atomic E-state index is 0.110. The van der Waals surface area contributed by atoms with Crippen LogP contribution in [0.4, 0.5) is 11.4 Å². The van der Waals surface area contributed by atoms with Gasteiger partial charge in [-0.3, -0.25) is 14.5 Å². The van der Waals surface area contributed by atoms with Crippen molar-refractivity contribution in [2.75, 3.05) is 23.3 Å². The van der Waals surface area contributed by atoms with Crippen molar-refractivity contribution in [2.24, 2.45) is 0 Å². The van der Waals surface area contributed by atoms with Crippen molar-refractivity contribution in [2.45, 2.75) is 18.7 Å². The molecular formula is C20H21N3O4S. The number of nitrogens with one attached hydrogen (secondary N) is 1. The van der Waals surface area contributed by atoms with Gasteiger partial charge in [-0.25, -0.2) is 8.42 Å². The predicted octanol–water partition coefficient (Wildman–Crippen LogP) is 3.42. The molecule has 0 radical (unpaired) electrons. The van der Waals surface area contributed by atoms with E-state index in [1.807, 2.05) is 6.92 Å². The molecule has 0 saturated carbocycles. The summed E-state index contributed by atoms with van der Waals surface area (Å²) in [6, 6.07) is 13.1. The SMILES string of the molecule is CCOc1ccc(S(=O)(=O)Nc2ccc(N(C)C(C)=O)cc2)c2cccnc12. The summed E-state index contributed by atoms with van der Waals surface area (Å²) in [7, 11) is -2.19. The van der Waals surface area contributed by atoms with Crippen LogP contribution in [0, 0.1) is 0 Å². The van der Waals surface area contributed by atoms with Crippen molar-refractivity contribution < 1.29 is 17.9 Å². The molecule has 8 heteroatoms. The van der Waals surface area contributed by atoms with Crippen LogP contribution in [0.15, 0.2) is 59.6 Å². The summed E-state index contributed by atoms with van der Waals surface area (Å²) < 4.78 is 34.1. The maximum absolute atomic E-state index is 13.0. The average Bonchev–Trinajstić information content (AvgIpc) is 2.68. The van der Waals surface area contributed by atoms with Crippen LogP contribution in [-0.2, 0) is 14.8 Å². The third kappa shape index (κ3) is 3.91. The number of amides is 1. The lowest BCUT2D eigenvalue weighted by atomic mass is 10.2. The maximum Gasteiger partial charge on any atom is 0.262 e. The Morgan fingerprint density at radius 2 is 1.86 bits per heavy atom. The van der Waals surface area contributed by atoms with E-state index < -0.39 is 10.0 Å². The van der Waals surface area contributed by atoms with Crippen LogP contribution >= 0.6 is 0 Å². The largest absolute Gasteiger partial charge is 0.492 e. The topological polar surface area (TPSA) is 88.6 Å². The Kier molecular flexibility index (Phi) is 5.51. The molecule has 0 aliphatic heterocycles. The van der Waals surface area contributed by atoms with Gasteiger partial charge >= 0.3 is 0 Å². The Morgan fingerprint density at radius 3 is 2.50 bits per heavy atom. The molecule has 1 aromatic heterocycles. The number of fused-ring (bicyclic) bond motifs is 1. The summed E-state index contributed by atoms with van der Waals surface area (Å²) in [5.41, 5.74) is 1.56. The Balaban J connectivity index is 1.96. The van der Waals surface area contributed by atoms with Crippen LogP contribution in [0.3, 0.4) is 0 Å². The summed E-state index contributed by atoms with van der Waals surface area (Å²) >= 11 is 0. The molecule has 1 N–H and O–H groups in total. The highest BCUT2D eigenvalue weighted by atomic mass is 32.2. The molecule has 0 atom stereocenters. The Bertz CT molecular complexity index is 1110. The van der Waals surface area contributed by atoms with Gasteiger partial charge in [0.15, 0.2) is 0 Å². The number of sulfonamides is 1. The van der Waals surface area contributed by atoms with Gasteiger partial charge in [0.05, 0.1) is 11.5 Å². The van der Waals surface area contributed by atoms with Gasteiger partial charge in [0.2, 0.25) is 5.91 Å². The van der Waals surface area contributed by atoms with Gasteiger partial charge in [0.25, 0.3) is 10.0 Å². The van der Waals surface area contributed by atoms with Crippen LogP contribution in [0.2, 0.25) is 0 Å². The van der Waals surface area contributed by atoms with E-state index in [2.05, 4.69) is 9.71 Å². The van der Waals surface area contributed by atoms with Gasteiger partial charge in [-0.1, -0.05) is 0 Å². The second kappa shape index (κ2) is 7.85. The predicted molar refractivity (Wildman–Crippen MR) is 109 cm³/mol. The molecule has 0 saturated heterocycles. The quantitative estimate of drug-likeness (QED) is 0.686. The molecule has 0 aliphatic rings. The first-order valence-corrected chi connectivity index (χ1v) is 10.2. The molecule has 0 bridgehead atoms. The normalized spacial score (nSPS) is 11.2. The smallest absolute Gasteiger partial charge is 0.262 e. The van der Waals surface area contributed by atoms with E-state index >= 15 is 0 Å². The van der Waals surface area contributed by atoms with Gasteiger partial charge < -0.3 is 9.64 Å². The van der Waals surface area contributed by atoms with Gasteiger partial charge in [-0.05, 0) is 55.5 Å². The molecule has 0 spiro atoms. The lowest BCUT2D eigenvalue weighted by molar-refractivity contribution is -0.116. The zero-order chi connectivity index (χ0) is 20.3. The van der Waals surface area contributed by atoms with Gasteiger partial charge in [-0.2, -0.15) is 0 Å². The molecule has 1 heterocycles. The standard InChI is InChI=1S/C20H21N3O4S/c1-4-27-18-11-12-19(17-6-5-13-21-20(17)18)28(25,26)22-15-7-9-16(10-8-15)23(3)14(2)24/h5-13,22H,4H2,1-3H3. The number of ether oxygens (including phenoxy) is 1. The molecular weight excluding hydrogens is 378 g/mol. The number of anilines is 2. The van der Waals surface area contributed by atoms with Crippen molar-refractivity contribution in [3.8, 4) is 5.75 Å². The summed E-state index contributed by atoms with van der Waals surface area (Å²) in [5.74, 6) is 0.426. The number of rotatable bonds is 6. The molecule has 0 fully saturated rings. The van der Waals surface area contributed by atoms with E-state index in [0.717, 1.165) is 0 Å². The Labute approximate surface area is 164 Å². The first-order chi connectivity index (χ1) is 13.3. The fourth-order valence-electron chi connectivity index (χ4n) is 2.77. The van der Waals surface area contributed by atoms with Crippen molar-refractivity contribution in [1.29, 1.82) is 0 Å². The highest BCUT2D eigenvalue weighted by Gasteiger charge is 2.20. The summed E-state index contributed by atoms with van der Waals surface area (Å²) in [6.07, 6.45) is 1.60. The number of pyridine rings is 1. The van der Waals surface area contributed by atoms with Crippen LogP contribution in [-0.4, -0.2) is 33.0 Å². The van der Waals surface area contributed by atoms with Crippen LogP contribution < -0.4 is 14.4 Å². The van der Waals surface area contributed by atoms with E-state index in [9.17, 15) is 13.2 Å². The zero-order valence-electron chi connectivity index (χ0n) is 15.8. The highest BCUT2D eigenvalue weighted by Crippen LogP contribution is 2.30. The number of hydrogen-bond donors (Lipinski definition) is 1. The fourth-order valence-corrected chi connectivity index (χ4v) is 4.03. The molecule has 3 aromatic rings. The number of aromatic nitrogens is 1. The van der Waals surface area contributed by atoms with Gasteiger partial charge in [0.1, 0.15) is 11.3 Å². The molecule has 2 aromatic carbocycles. The van der Waals surface area contributed by atoms with Crippen molar-refractivity contribution in [3.05, 3.63) is 54.7 Å². The van der Waals surface area contributed by atoms with E-state index in [1.165, 1.54) is 17.9 Å². The first-order valence-electron chi connectivity index (χ1n) is 8.71. The van der Waals surface area contributed by atoms with E-state index in [1.54, 1.807) is 55.7 Å². The maximum atomic E-state index is 13.0. The number of carbonyl (C=O) groups excluding carboxylic acids is 1. The summed E-state index contributed by atoms with van der Waals surface area (Å²) in [5, 5.41) is 0.480. The third-order valence-electron chi connectivity index (χ3n) is 4.26. The van der Waals surface area contributed by atoms with Crippen molar-refractivity contribution >= 4 is 38.2 Å². The highest BCUT2D eigenvalue weighted by molar-refractivity contribution is 7.93. The number of carbonyl (C=O) groups is 1. The number of nitrogens with zero attached hydrogens (tertiary/aromatic N) is 2. The second-order valence-electron chi connectivity index (χ2n) is 6.12. The molecule has 7 nitrogen and oxygen atoms in total. The van der Waals surface area contributed by atoms with Crippen molar-refractivity contribution in [1.82, 2.24) is 4.98 Å². The molecule has 146 valence electrons. The first kappa shape index (κ1) is 19.6. The monoisotopic (exact) mass is 399 g/mol. The molecule has 0 unspecified atom stereocenters. The number of hydrogen-bond acceptors (Lipinski definition) is 5. The lowest BCUT2D eigenvalue weighted by Gasteiger charge is -2.16. The summed E-state index contributed by atoms with van der Waals surface area (Å²) in [6.45, 7) is 3.77. The Morgan fingerprint density at radius 1 is 1.14 bits per heavy atom. The minimum atomic E-state index is -3.85. The molecule has 1 amide bonds. The fraction of sp³-hybridized carbons (Fsp3) is 0.200. The van der Waals surface area contributed by atoms with Crippen LogP contribution in [0.1, 0.15) is 13.8 Å². The lowest BCUT2D eigenvalue weighted by Crippen LogP contribution is -2.22. The molecule has 3 rings (SSSR count). The van der Waals surface area contributed by atoms with Gasteiger partial charge in [-0.15, -0.1) is 0 Å². The second-order valence-corrected chi connectivity index (χ2v) is 7.78. The van der Waals surface area contributed by atoms with Gasteiger partial charge in [0, 0.05) is 36.9 Å². The summed E-state index contributed by atoms with van der Waals surface area (Å²) in [4.78, 5) is 17.3. The van der Waals surface area contributed by atoms with E-state index in [0.29, 0.717) is 34.6 Å². The van der Waals surface area contributed by atoms with Crippen LogP contribution in [0.25, 0.3) is 10.9 Å². The zero-order valence-corrected chi connectivity index (χ0v) is 16.7. The van der Waals surface area contributed by atoms with E-state index in [4.69, 9.17) is 4.74 Å². The average molecular weight is 399 g/mol. The third-order valence-corrected chi connectivity index (χ3v) is 5.70. The Hall–Kier alpha value is -3.13. The minimum Gasteiger partial charge on any atom is -0.492 e. The van der Waals surface area contributed by atoms with Crippen LogP contribution in [0.5, 0.6) is 5.75 Å². The van der Waals surface area contributed by atoms with E-state index in [-0.39, 0.29) is 10.8 Å². The number of benzene rings is 2. The molecule has 0 aliphatic carbocycles.